The summed E-state index contributed by atoms with van der Waals surface area (Å²) in [4.78, 5) is 10.2. The average Bonchev–Trinajstić information content (AvgIpc) is 2.09. The molecule has 0 bridgehead atoms. The Morgan fingerprint density at radius 3 is 2.18 bits per heavy atom. The molecule has 0 unspecified atom stereocenters. The third kappa shape index (κ3) is 3.33. The molecule has 60 valence electrons. The van der Waals surface area contributed by atoms with Crippen molar-refractivity contribution < 1.29 is 4.79 Å². The Balaban J connectivity index is 0.000000461. The second-order valence-electron chi connectivity index (χ2n) is 1.64. The predicted molar refractivity (Wildman–Crippen MR) is 50.9 cm³/mol. The lowest BCUT2D eigenvalue weighted by molar-refractivity contribution is 0.112. The maximum absolute atomic E-state index is 10.2. The number of carbonyl (C=O) groups is 1. The van der Waals surface area contributed by atoms with Crippen molar-refractivity contribution in [3.63, 3.8) is 0 Å². The summed E-state index contributed by atoms with van der Waals surface area (Å²) < 4.78 is 0.847. The Hall–Kier alpha value is -0.630. The predicted octanol–water partition coefficient (Wildman–Crippen LogP) is 3.29. The largest absolute Gasteiger partial charge is 0.298 e. The van der Waals surface area contributed by atoms with Crippen LogP contribution in [0.25, 0.3) is 0 Å². The first kappa shape index (κ1) is 10.4. The van der Waals surface area contributed by atoms with E-state index in [1.165, 1.54) is 0 Å². The minimum absolute atomic E-state index is 0.692. The molecule has 0 aliphatic carbocycles. The fourth-order valence-electron chi connectivity index (χ4n) is 0.571. The van der Waals surface area contributed by atoms with Crippen LogP contribution in [0.15, 0.2) is 28.7 Å². The molecule has 1 aromatic carbocycles. The zero-order valence-electron chi connectivity index (χ0n) is 6.67. The van der Waals surface area contributed by atoms with Crippen molar-refractivity contribution in [3.05, 3.63) is 34.3 Å². The van der Waals surface area contributed by atoms with E-state index < -0.39 is 0 Å². The molecular weight excluding hydrogens is 204 g/mol. The highest BCUT2D eigenvalue weighted by molar-refractivity contribution is 9.10. The van der Waals surface area contributed by atoms with Gasteiger partial charge in [-0.3, -0.25) is 4.79 Å². The van der Waals surface area contributed by atoms with E-state index >= 15 is 0 Å². The first-order chi connectivity index (χ1) is 5.34. The third-order valence-electron chi connectivity index (χ3n) is 1.03. The fourth-order valence-corrected chi connectivity index (χ4v) is 0.949. The molecule has 1 aromatic rings. The van der Waals surface area contributed by atoms with E-state index in [4.69, 9.17) is 0 Å². The average molecular weight is 215 g/mol. The highest BCUT2D eigenvalue weighted by atomic mass is 79.9. The molecule has 1 nitrogen and oxygen atoms in total. The SMILES string of the molecule is CC.O=Cc1ccccc1Br. The van der Waals surface area contributed by atoms with Crippen LogP contribution in [0.5, 0.6) is 0 Å². The Morgan fingerprint density at radius 2 is 1.82 bits per heavy atom. The lowest BCUT2D eigenvalue weighted by atomic mass is 10.2. The van der Waals surface area contributed by atoms with Crippen molar-refractivity contribution in [3.8, 4) is 0 Å². The highest BCUT2D eigenvalue weighted by Crippen LogP contribution is 2.12. The summed E-state index contributed by atoms with van der Waals surface area (Å²) >= 11 is 3.23. The van der Waals surface area contributed by atoms with Crippen molar-refractivity contribution >= 4 is 22.2 Å². The summed E-state index contributed by atoms with van der Waals surface area (Å²) in [7, 11) is 0. The topological polar surface area (TPSA) is 17.1 Å². The number of hydrogen-bond donors (Lipinski definition) is 0. The molecular formula is C9H11BrO. The maximum atomic E-state index is 10.2. The van der Waals surface area contributed by atoms with Crippen LogP contribution in [-0.2, 0) is 0 Å². The molecule has 0 aromatic heterocycles. The molecule has 0 heterocycles. The first-order valence-electron chi connectivity index (χ1n) is 3.54. The number of hydrogen-bond acceptors (Lipinski definition) is 1. The highest BCUT2D eigenvalue weighted by Gasteiger charge is 1.92. The van der Waals surface area contributed by atoms with Gasteiger partial charge in [-0.25, -0.2) is 0 Å². The Kier molecular flexibility index (Phi) is 5.75. The molecule has 0 amide bonds. The van der Waals surface area contributed by atoms with Crippen molar-refractivity contribution in [2.45, 2.75) is 13.8 Å². The smallest absolute Gasteiger partial charge is 0.151 e. The summed E-state index contributed by atoms with van der Waals surface area (Å²) in [5.74, 6) is 0. The van der Waals surface area contributed by atoms with E-state index in [0.717, 1.165) is 10.8 Å². The molecule has 0 radical (unpaired) electrons. The lowest BCUT2D eigenvalue weighted by Crippen LogP contribution is -1.78. The molecule has 1 rings (SSSR count). The van der Waals surface area contributed by atoms with Gasteiger partial charge in [0.05, 0.1) is 0 Å². The molecule has 0 aliphatic heterocycles. The number of benzene rings is 1. The monoisotopic (exact) mass is 214 g/mol. The van der Waals surface area contributed by atoms with Gasteiger partial charge in [-0.2, -0.15) is 0 Å². The van der Waals surface area contributed by atoms with Gasteiger partial charge in [-0.1, -0.05) is 48.0 Å². The van der Waals surface area contributed by atoms with Crippen LogP contribution in [0.2, 0.25) is 0 Å². The summed E-state index contributed by atoms with van der Waals surface area (Å²) in [5.41, 5.74) is 0.692. The van der Waals surface area contributed by atoms with E-state index in [0.29, 0.717) is 5.56 Å². The summed E-state index contributed by atoms with van der Waals surface area (Å²) in [6.07, 6.45) is 0.823. The Labute approximate surface area is 75.6 Å². The van der Waals surface area contributed by atoms with Gasteiger partial charge in [0.15, 0.2) is 6.29 Å². The Bertz CT molecular complexity index is 221. The van der Waals surface area contributed by atoms with E-state index in [-0.39, 0.29) is 0 Å². The molecule has 0 atom stereocenters. The molecule has 2 heteroatoms. The van der Waals surface area contributed by atoms with Gasteiger partial charge in [-0.15, -0.1) is 0 Å². The van der Waals surface area contributed by atoms with Crippen LogP contribution < -0.4 is 0 Å². The number of carbonyl (C=O) groups excluding carboxylic acids is 1. The van der Waals surface area contributed by atoms with E-state index in [2.05, 4.69) is 15.9 Å². The van der Waals surface area contributed by atoms with Gasteiger partial charge in [0.2, 0.25) is 0 Å². The maximum Gasteiger partial charge on any atom is 0.151 e. The van der Waals surface area contributed by atoms with Gasteiger partial charge < -0.3 is 0 Å². The van der Waals surface area contributed by atoms with Crippen LogP contribution in [0.4, 0.5) is 0 Å². The van der Waals surface area contributed by atoms with Crippen molar-refractivity contribution in [2.75, 3.05) is 0 Å². The molecule has 0 spiro atoms. The molecule has 0 N–H and O–H groups in total. The van der Waals surface area contributed by atoms with Crippen LogP contribution in [0.3, 0.4) is 0 Å². The number of rotatable bonds is 1. The van der Waals surface area contributed by atoms with Crippen LogP contribution in [0, 0.1) is 0 Å². The summed E-state index contributed by atoms with van der Waals surface area (Å²) in [6, 6.07) is 7.30. The standard InChI is InChI=1S/C7H5BrO.C2H6/c8-7-4-2-1-3-6(7)5-9;1-2/h1-5H;1-2H3. The molecule has 11 heavy (non-hydrogen) atoms. The second-order valence-corrected chi connectivity index (χ2v) is 2.49. The van der Waals surface area contributed by atoms with Gasteiger partial charge in [0, 0.05) is 10.0 Å². The molecule has 0 saturated carbocycles. The lowest BCUT2D eigenvalue weighted by Gasteiger charge is -1.90. The van der Waals surface area contributed by atoms with Gasteiger partial charge in [0.1, 0.15) is 0 Å². The van der Waals surface area contributed by atoms with Crippen LogP contribution in [0.1, 0.15) is 24.2 Å². The zero-order valence-corrected chi connectivity index (χ0v) is 8.26. The van der Waals surface area contributed by atoms with Crippen LogP contribution >= 0.6 is 15.9 Å². The first-order valence-corrected chi connectivity index (χ1v) is 4.33. The van der Waals surface area contributed by atoms with Crippen molar-refractivity contribution in [2.24, 2.45) is 0 Å². The van der Waals surface area contributed by atoms with Crippen LogP contribution in [-0.4, -0.2) is 6.29 Å². The molecule has 0 saturated heterocycles. The quantitative estimate of drug-likeness (QED) is 0.657. The third-order valence-corrected chi connectivity index (χ3v) is 1.75. The number of aldehydes is 1. The van der Waals surface area contributed by atoms with E-state index in [1.807, 2.05) is 32.0 Å². The van der Waals surface area contributed by atoms with E-state index in [1.54, 1.807) is 6.07 Å². The zero-order chi connectivity index (χ0) is 8.69. The van der Waals surface area contributed by atoms with Gasteiger partial charge in [0.25, 0.3) is 0 Å². The second kappa shape index (κ2) is 6.10. The number of halogens is 1. The van der Waals surface area contributed by atoms with Gasteiger partial charge >= 0.3 is 0 Å². The van der Waals surface area contributed by atoms with Crippen molar-refractivity contribution in [1.82, 2.24) is 0 Å². The van der Waals surface area contributed by atoms with Crippen molar-refractivity contribution in [1.29, 1.82) is 0 Å². The normalized spacial score (nSPS) is 7.91. The van der Waals surface area contributed by atoms with Gasteiger partial charge in [-0.05, 0) is 6.07 Å². The van der Waals surface area contributed by atoms with E-state index in [9.17, 15) is 4.79 Å². The summed E-state index contributed by atoms with van der Waals surface area (Å²) in [5, 5.41) is 0. The summed E-state index contributed by atoms with van der Waals surface area (Å²) in [6.45, 7) is 4.00. The Morgan fingerprint density at radius 1 is 1.27 bits per heavy atom. The fraction of sp³-hybridized carbons (Fsp3) is 0.222. The molecule has 0 aliphatic rings. The minimum Gasteiger partial charge on any atom is -0.298 e. The molecule has 0 fully saturated rings. The minimum atomic E-state index is 0.692.